The maximum absolute atomic E-state index is 12.1. The number of hydrogen-bond donors (Lipinski definition) is 2. The molecule has 0 aliphatic rings. The fourth-order valence-corrected chi connectivity index (χ4v) is 2.62. The number of urea groups is 1. The van der Waals surface area contributed by atoms with Crippen molar-refractivity contribution in [3.63, 3.8) is 0 Å². The van der Waals surface area contributed by atoms with Gasteiger partial charge in [-0.05, 0) is 12.1 Å². The Bertz CT molecular complexity index is 505. The summed E-state index contributed by atoms with van der Waals surface area (Å²) in [7, 11) is 1.59. The second-order valence-corrected chi connectivity index (χ2v) is 6.83. The predicted octanol–water partition coefficient (Wildman–Crippen LogP) is 3.37. The van der Waals surface area contributed by atoms with E-state index in [1.807, 2.05) is 24.3 Å². The first-order valence-electron chi connectivity index (χ1n) is 6.82. The molecule has 1 atom stereocenters. The molecule has 1 aromatic rings. The molecule has 0 aliphatic heterocycles. The molecule has 0 radical (unpaired) electrons. The van der Waals surface area contributed by atoms with Crippen LogP contribution in [0, 0.1) is 5.92 Å². The monoisotopic (exact) mass is 310 g/mol. The van der Waals surface area contributed by atoms with Crippen LogP contribution in [-0.4, -0.2) is 40.8 Å². The highest BCUT2D eigenvalue weighted by molar-refractivity contribution is 8.00. The summed E-state index contributed by atoms with van der Waals surface area (Å²) in [5, 5.41) is 12.1. The number of carbonyl (C=O) groups excluding carboxylic acids is 1. The Labute approximate surface area is 129 Å². The average Bonchev–Trinajstić information content (AvgIpc) is 2.40. The number of rotatable bonds is 6. The topological polar surface area (TPSA) is 69.6 Å². The van der Waals surface area contributed by atoms with Gasteiger partial charge in [0.05, 0.1) is 11.6 Å². The molecule has 0 saturated carbocycles. The van der Waals surface area contributed by atoms with Crippen molar-refractivity contribution in [2.24, 2.45) is 5.92 Å². The van der Waals surface area contributed by atoms with Crippen LogP contribution in [0.5, 0.6) is 0 Å². The van der Waals surface area contributed by atoms with E-state index in [9.17, 15) is 9.59 Å². The van der Waals surface area contributed by atoms with E-state index in [-0.39, 0.29) is 12.6 Å². The summed E-state index contributed by atoms with van der Waals surface area (Å²) >= 11 is 1.67. The van der Waals surface area contributed by atoms with Crippen LogP contribution in [0.25, 0.3) is 0 Å². The molecule has 1 rings (SSSR count). The SMILES string of the molecule is CC(C)Sc1ccccc1NC(=O)N(C)CC(C)C(=O)O. The highest BCUT2D eigenvalue weighted by atomic mass is 32.2. The number of anilines is 1. The summed E-state index contributed by atoms with van der Waals surface area (Å²) in [4.78, 5) is 25.3. The van der Waals surface area contributed by atoms with Crippen molar-refractivity contribution in [1.29, 1.82) is 0 Å². The zero-order valence-electron chi connectivity index (χ0n) is 12.8. The Morgan fingerprint density at radius 1 is 1.29 bits per heavy atom. The minimum Gasteiger partial charge on any atom is -0.481 e. The number of benzene rings is 1. The molecule has 0 fully saturated rings. The van der Waals surface area contributed by atoms with Gasteiger partial charge < -0.3 is 15.3 Å². The molecule has 2 N–H and O–H groups in total. The van der Waals surface area contributed by atoms with Crippen molar-refractivity contribution >= 4 is 29.4 Å². The summed E-state index contributed by atoms with van der Waals surface area (Å²) in [6.07, 6.45) is 0. The number of nitrogens with zero attached hydrogens (tertiary/aromatic N) is 1. The van der Waals surface area contributed by atoms with E-state index in [0.29, 0.717) is 5.25 Å². The number of hydrogen-bond acceptors (Lipinski definition) is 3. The van der Waals surface area contributed by atoms with Gasteiger partial charge in [-0.25, -0.2) is 4.79 Å². The molecule has 0 aliphatic carbocycles. The fourth-order valence-electron chi connectivity index (χ4n) is 1.71. The molecule has 6 heteroatoms. The van der Waals surface area contributed by atoms with Gasteiger partial charge in [-0.15, -0.1) is 11.8 Å². The molecular weight excluding hydrogens is 288 g/mol. The van der Waals surface area contributed by atoms with Crippen molar-refractivity contribution in [1.82, 2.24) is 4.90 Å². The van der Waals surface area contributed by atoms with E-state index in [2.05, 4.69) is 19.2 Å². The van der Waals surface area contributed by atoms with Gasteiger partial charge in [0.15, 0.2) is 0 Å². The molecule has 0 spiro atoms. The molecule has 0 bridgehead atoms. The first kappa shape index (κ1) is 17.4. The minimum absolute atomic E-state index is 0.167. The lowest BCUT2D eigenvalue weighted by molar-refractivity contribution is -0.141. The first-order chi connectivity index (χ1) is 9.81. The molecule has 5 nitrogen and oxygen atoms in total. The summed E-state index contributed by atoms with van der Waals surface area (Å²) in [6.45, 7) is 5.92. The largest absolute Gasteiger partial charge is 0.481 e. The zero-order chi connectivity index (χ0) is 16.0. The average molecular weight is 310 g/mol. The lowest BCUT2D eigenvalue weighted by atomic mass is 10.2. The van der Waals surface area contributed by atoms with E-state index in [1.165, 1.54) is 4.90 Å². The molecule has 2 amide bonds. The first-order valence-corrected chi connectivity index (χ1v) is 7.69. The van der Waals surface area contributed by atoms with Crippen LogP contribution >= 0.6 is 11.8 Å². The van der Waals surface area contributed by atoms with Gasteiger partial charge in [0.25, 0.3) is 0 Å². The van der Waals surface area contributed by atoms with Crippen LogP contribution in [0.15, 0.2) is 29.2 Å². The Hall–Kier alpha value is -1.69. The number of nitrogens with one attached hydrogen (secondary N) is 1. The molecule has 0 heterocycles. The number of para-hydroxylation sites is 1. The summed E-state index contributed by atoms with van der Waals surface area (Å²) in [6, 6.07) is 7.29. The number of carbonyl (C=O) groups is 2. The Kier molecular flexibility index (Phi) is 6.55. The third-order valence-corrected chi connectivity index (χ3v) is 3.89. The van der Waals surface area contributed by atoms with Crippen LogP contribution in [0.2, 0.25) is 0 Å². The van der Waals surface area contributed by atoms with E-state index in [0.717, 1.165) is 10.6 Å². The van der Waals surface area contributed by atoms with Gasteiger partial charge in [-0.2, -0.15) is 0 Å². The lowest BCUT2D eigenvalue weighted by Gasteiger charge is -2.21. The maximum Gasteiger partial charge on any atom is 0.321 e. The Morgan fingerprint density at radius 2 is 1.90 bits per heavy atom. The lowest BCUT2D eigenvalue weighted by Crippen LogP contribution is -2.36. The van der Waals surface area contributed by atoms with Crippen molar-refractivity contribution in [2.75, 3.05) is 18.9 Å². The third-order valence-electron chi connectivity index (χ3n) is 2.81. The fraction of sp³-hybridized carbons (Fsp3) is 0.467. The van der Waals surface area contributed by atoms with Crippen molar-refractivity contribution in [3.8, 4) is 0 Å². The molecule has 21 heavy (non-hydrogen) atoms. The van der Waals surface area contributed by atoms with Gasteiger partial charge in [0.1, 0.15) is 0 Å². The van der Waals surface area contributed by atoms with E-state index in [4.69, 9.17) is 5.11 Å². The number of aliphatic carboxylic acids is 1. The smallest absolute Gasteiger partial charge is 0.321 e. The van der Waals surface area contributed by atoms with Crippen LogP contribution in [0.4, 0.5) is 10.5 Å². The number of carboxylic acids is 1. The van der Waals surface area contributed by atoms with Crippen LogP contribution < -0.4 is 5.32 Å². The number of thioether (sulfide) groups is 1. The normalized spacial score (nSPS) is 12.0. The molecule has 1 aromatic carbocycles. The van der Waals surface area contributed by atoms with Crippen molar-refractivity contribution in [3.05, 3.63) is 24.3 Å². The molecule has 116 valence electrons. The van der Waals surface area contributed by atoms with Gasteiger partial charge in [0.2, 0.25) is 0 Å². The van der Waals surface area contributed by atoms with Crippen molar-refractivity contribution < 1.29 is 14.7 Å². The molecule has 1 unspecified atom stereocenters. The second-order valence-electron chi connectivity index (χ2n) is 5.21. The molecule has 0 aromatic heterocycles. The van der Waals surface area contributed by atoms with Gasteiger partial charge in [0, 0.05) is 23.7 Å². The molecular formula is C15H22N2O3S. The quantitative estimate of drug-likeness (QED) is 0.790. The Morgan fingerprint density at radius 3 is 2.48 bits per heavy atom. The van der Waals surface area contributed by atoms with Crippen LogP contribution in [0.3, 0.4) is 0 Å². The summed E-state index contributed by atoms with van der Waals surface area (Å²) in [5.74, 6) is -1.51. The van der Waals surface area contributed by atoms with E-state index >= 15 is 0 Å². The van der Waals surface area contributed by atoms with Crippen molar-refractivity contribution in [2.45, 2.75) is 30.9 Å². The second kappa shape index (κ2) is 7.93. The molecule has 0 saturated heterocycles. The van der Waals surface area contributed by atoms with Crippen LogP contribution in [-0.2, 0) is 4.79 Å². The van der Waals surface area contributed by atoms with Crippen LogP contribution in [0.1, 0.15) is 20.8 Å². The van der Waals surface area contributed by atoms with Gasteiger partial charge in [-0.1, -0.05) is 32.9 Å². The summed E-state index contributed by atoms with van der Waals surface area (Å²) < 4.78 is 0. The highest BCUT2D eigenvalue weighted by Crippen LogP contribution is 2.30. The highest BCUT2D eigenvalue weighted by Gasteiger charge is 2.18. The van der Waals surface area contributed by atoms with E-state index in [1.54, 1.807) is 25.7 Å². The van der Waals surface area contributed by atoms with E-state index < -0.39 is 11.9 Å². The number of carboxylic acid groups (broad SMARTS) is 1. The van der Waals surface area contributed by atoms with Gasteiger partial charge in [-0.3, -0.25) is 4.79 Å². The number of amides is 2. The zero-order valence-corrected chi connectivity index (χ0v) is 13.6. The standard InChI is InChI=1S/C15H22N2O3S/c1-10(2)21-13-8-6-5-7-12(13)16-15(20)17(4)9-11(3)14(18)19/h5-8,10-11H,9H2,1-4H3,(H,16,20)(H,18,19). The maximum atomic E-state index is 12.1. The predicted molar refractivity (Wildman–Crippen MR) is 85.9 cm³/mol. The summed E-state index contributed by atoms with van der Waals surface area (Å²) in [5.41, 5.74) is 0.746. The van der Waals surface area contributed by atoms with Gasteiger partial charge >= 0.3 is 12.0 Å². The Balaban J connectivity index is 2.72. The minimum atomic E-state index is -0.912. The third kappa shape index (κ3) is 5.67.